The number of nitrogens with one attached hydrogen (secondary N) is 1. The van der Waals surface area contributed by atoms with Crippen molar-refractivity contribution in [3.8, 4) is 0 Å². The molecule has 0 saturated carbocycles. The Morgan fingerprint density at radius 2 is 1.89 bits per heavy atom. The van der Waals surface area contributed by atoms with Gasteiger partial charge in [0.05, 0.1) is 6.10 Å². The van der Waals surface area contributed by atoms with E-state index in [0.29, 0.717) is 6.54 Å². The standard InChI is InChI=1S/C14H22N2O2/c1-14(2,3)12(17)11(15)13(18)16-9-10-7-5-4-6-8-10/h4-8,11-12,17H,9,15H2,1-3H3,(H,16,18)/t11-,12?/m1/s1. The zero-order valence-electron chi connectivity index (χ0n) is 11.2. The molecule has 1 aromatic rings. The largest absolute Gasteiger partial charge is 0.390 e. The average Bonchev–Trinajstić information content (AvgIpc) is 2.34. The average molecular weight is 250 g/mol. The number of nitrogens with two attached hydrogens (primary N) is 1. The third kappa shape index (κ3) is 4.13. The molecule has 18 heavy (non-hydrogen) atoms. The highest BCUT2D eigenvalue weighted by molar-refractivity contribution is 5.82. The molecule has 1 amide bonds. The maximum Gasteiger partial charge on any atom is 0.239 e. The molecule has 0 aliphatic carbocycles. The minimum Gasteiger partial charge on any atom is -0.390 e. The molecule has 0 bridgehead atoms. The molecule has 1 rings (SSSR count). The molecule has 0 radical (unpaired) electrons. The van der Waals surface area contributed by atoms with E-state index in [2.05, 4.69) is 5.32 Å². The highest BCUT2D eigenvalue weighted by Crippen LogP contribution is 2.20. The van der Waals surface area contributed by atoms with Crippen LogP contribution in [0.4, 0.5) is 0 Å². The summed E-state index contributed by atoms with van der Waals surface area (Å²) in [5.41, 5.74) is 6.34. The quantitative estimate of drug-likeness (QED) is 0.747. The lowest BCUT2D eigenvalue weighted by atomic mass is 9.84. The topological polar surface area (TPSA) is 75.3 Å². The van der Waals surface area contributed by atoms with Crippen LogP contribution in [0.5, 0.6) is 0 Å². The van der Waals surface area contributed by atoms with E-state index in [9.17, 15) is 9.90 Å². The molecule has 0 aliphatic heterocycles. The molecule has 0 aliphatic rings. The number of carbonyl (C=O) groups excluding carboxylic acids is 1. The van der Waals surface area contributed by atoms with E-state index in [0.717, 1.165) is 5.56 Å². The first-order chi connectivity index (χ1) is 8.32. The number of aliphatic hydroxyl groups excluding tert-OH is 1. The third-order valence-electron chi connectivity index (χ3n) is 2.84. The molecule has 2 atom stereocenters. The van der Waals surface area contributed by atoms with E-state index < -0.39 is 17.6 Å². The summed E-state index contributed by atoms with van der Waals surface area (Å²) in [6, 6.07) is 8.67. The summed E-state index contributed by atoms with van der Waals surface area (Å²) in [5, 5.41) is 12.7. The van der Waals surface area contributed by atoms with Crippen LogP contribution in [-0.2, 0) is 11.3 Å². The van der Waals surface area contributed by atoms with Gasteiger partial charge >= 0.3 is 0 Å². The van der Waals surface area contributed by atoms with Gasteiger partial charge in [-0.1, -0.05) is 51.1 Å². The lowest BCUT2D eigenvalue weighted by Crippen LogP contribution is -2.52. The smallest absolute Gasteiger partial charge is 0.239 e. The Morgan fingerprint density at radius 3 is 2.39 bits per heavy atom. The van der Waals surface area contributed by atoms with Crippen molar-refractivity contribution in [1.29, 1.82) is 0 Å². The lowest BCUT2D eigenvalue weighted by molar-refractivity contribution is -0.126. The lowest BCUT2D eigenvalue weighted by Gasteiger charge is -2.29. The van der Waals surface area contributed by atoms with Gasteiger partial charge in [-0.3, -0.25) is 4.79 Å². The minimum absolute atomic E-state index is 0.332. The van der Waals surface area contributed by atoms with E-state index in [1.165, 1.54) is 0 Å². The van der Waals surface area contributed by atoms with Gasteiger partial charge in [0.25, 0.3) is 0 Å². The molecule has 0 aromatic heterocycles. The van der Waals surface area contributed by atoms with E-state index in [-0.39, 0.29) is 5.91 Å². The fraction of sp³-hybridized carbons (Fsp3) is 0.500. The predicted molar refractivity (Wildman–Crippen MR) is 71.7 cm³/mol. The van der Waals surface area contributed by atoms with Gasteiger partial charge in [0.2, 0.25) is 5.91 Å². The van der Waals surface area contributed by atoms with Crippen molar-refractivity contribution in [3.63, 3.8) is 0 Å². The predicted octanol–water partition coefficient (Wildman–Crippen LogP) is 1.04. The number of amides is 1. The zero-order valence-corrected chi connectivity index (χ0v) is 11.2. The second-order valence-corrected chi connectivity index (χ2v) is 5.54. The Labute approximate surface area is 108 Å². The molecule has 4 heteroatoms. The number of aliphatic hydroxyl groups is 1. The second-order valence-electron chi connectivity index (χ2n) is 5.54. The molecule has 1 unspecified atom stereocenters. The van der Waals surface area contributed by atoms with Crippen LogP contribution in [0.3, 0.4) is 0 Å². The summed E-state index contributed by atoms with van der Waals surface area (Å²) < 4.78 is 0. The summed E-state index contributed by atoms with van der Waals surface area (Å²) in [6.45, 7) is 5.97. The van der Waals surface area contributed by atoms with E-state index in [1.807, 2.05) is 51.1 Å². The van der Waals surface area contributed by atoms with Crippen molar-refractivity contribution in [3.05, 3.63) is 35.9 Å². The van der Waals surface area contributed by atoms with Crippen LogP contribution in [0.15, 0.2) is 30.3 Å². The molecule has 1 aromatic carbocycles. The number of hydrogen-bond donors (Lipinski definition) is 3. The first-order valence-electron chi connectivity index (χ1n) is 6.07. The van der Waals surface area contributed by atoms with Gasteiger partial charge in [-0.15, -0.1) is 0 Å². The maximum absolute atomic E-state index is 11.8. The molecule has 0 fully saturated rings. The maximum atomic E-state index is 11.8. The normalized spacial score (nSPS) is 14.9. The summed E-state index contributed by atoms with van der Waals surface area (Å²) >= 11 is 0. The monoisotopic (exact) mass is 250 g/mol. The molecular weight excluding hydrogens is 228 g/mol. The van der Waals surface area contributed by atoms with Crippen LogP contribution >= 0.6 is 0 Å². The summed E-state index contributed by atoms with van der Waals surface area (Å²) in [7, 11) is 0. The molecule has 0 spiro atoms. The number of carbonyl (C=O) groups is 1. The van der Waals surface area contributed by atoms with Crippen molar-refractivity contribution in [1.82, 2.24) is 5.32 Å². The SMILES string of the molecule is CC(C)(C)C(O)[C@@H](N)C(=O)NCc1ccccc1. The first-order valence-corrected chi connectivity index (χ1v) is 6.07. The highest BCUT2D eigenvalue weighted by atomic mass is 16.3. The van der Waals surface area contributed by atoms with Crippen molar-refractivity contribution >= 4 is 5.91 Å². The van der Waals surface area contributed by atoms with Gasteiger partial charge in [-0.25, -0.2) is 0 Å². The van der Waals surface area contributed by atoms with Gasteiger partial charge in [0.1, 0.15) is 6.04 Å². The van der Waals surface area contributed by atoms with Crippen LogP contribution in [0.25, 0.3) is 0 Å². The molecular formula is C14H22N2O2. The third-order valence-corrected chi connectivity index (χ3v) is 2.84. The summed E-state index contributed by atoms with van der Waals surface area (Å²) in [6.07, 6.45) is -0.867. The number of rotatable bonds is 4. The van der Waals surface area contributed by atoms with Crippen molar-refractivity contribution in [2.75, 3.05) is 0 Å². The molecule has 4 N–H and O–H groups in total. The van der Waals surface area contributed by atoms with Crippen molar-refractivity contribution < 1.29 is 9.90 Å². The Morgan fingerprint density at radius 1 is 1.33 bits per heavy atom. The van der Waals surface area contributed by atoms with Crippen molar-refractivity contribution in [2.24, 2.45) is 11.1 Å². The van der Waals surface area contributed by atoms with Gasteiger partial charge in [0.15, 0.2) is 0 Å². The van der Waals surface area contributed by atoms with E-state index in [4.69, 9.17) is 5.73 Å². The minimum atomic E-state index is -0.909. The van der Waals surface area contributed by atoms with Crippen LogP contribution in [0, 0.1) is 5.41 Å². The molecule has 0 heterocycles. The van der Waals surface area contributed by atoms with Crippen LogP contribution in [-0.4, -0.2) is 23.2 Å². The molecule has 100 valence electrons. The first kappa shape index (κ1) is 14.7. The summed E-state index contributed by atoms with van der Waals surface area (Å²) in [5.74, 6) is -0.332. The Hall–Kier alpha value is -1.39. The Bertz CT molecular complexity index is 385. The zero-order chi connectivity index (χ0) is 13.8. The van der Waals surface area contributed by atoms with Gasteiger partial charge in [0, 0.05) is 6.54 Å². The van der Waals surface area contributed by atoms with Crippen molar-refractivity contribution in [2.45, 2.75) is 39.5 Å². The molecule has 0 saturated heterocycles. The number of hydrogen-bond acceptors (Lipinski definition) is 3. The van der Waals surface area contributed by atoms with Crippen LogP contribution in [0.2, 0.25) is 0 Å². The Kier molecular flexibility index (Phi) is 4.87. The van der Waals surface area contributed by atoms with E-state index >= 15 is 0 Å². The second kappa shape index (κ2) is 5.98. The number of benzene rings is 1. The van der Waals surface area contributed by atoms with E-state index in [1.54, 1.807) is 0 Å². The van der Waals surface area contributed by atoms with Gasteiger partial charge in [-0.05, 0) is 11.0 Å². The Balaban J connectivity index is 2.51. The van der Waals surface area contributed by atoms with Gasteiger partial charge < -0.3 is 16.2 Å². The van der Waals surface area contributed by atoms with Crippen LogP contribution in [0.1, 0.15) is 26.3 Å². The molecule has 4 nitrogen and oxygen atoms in total. The highest BCUT2D eigenvalue weighted by Gasteiger charge is 2.32. The van der Waals surface area contributed by atoms with Crippen LogP contribution < -0.4 is 11.1 Å². The van der Waals surface area contributed by atoms with Gasteiger partial charge in [-0.2, -0.15) is 0 Å². The fourth-order valence-electron chi connectivity index (χ4n) is 1.58. The fourth-order valence-corrected chi connectivity index (χ4v) is 1.58. The summed E-state index contributed by atoms with van der Waals surface area (Å²) in [4.78, 5) is 11.8.